The third-order valence-electron chi connectivity index (χ3n) is 4.26. The highest BCUT2D eigenvalue weighted by atomic mass is 79.9. The average molecular weight is 453 g/mol. The largest absolute Gasteiger partial charge is 0.487 e. The van der Waals surface area contributed by atoms with Crippen molar-refractivity contribution in [2.45, 2.75) is 38.2 Å². The van der Waals surface area contributed by atoms with E-state index in [9.17, 15) is 4.79 Å². The van der Waals surface area contributed by atoms with Crippen molar-refractivity contribution in [3.63, 3.8) is 0 Å². The molecular weight excluding hydrogens is 440 g/mol. The number of ether oxygens (including phenoxy) is 1. The maximum absolute atomic E-state index is 12.0. The second kappa shape index (κ2) is 5.15. The molecule has 0 N–H and O–H groups in total. The van der Waals surface area contributed by atoms with E-state index < -0.39 is 0 Å². The molecule has 1 spiro atoms. The Bertz CT molecular complexity index is 512. The van der Waals surface area contributed by atoms with Crippen LogP contribution in [-0.2, 0) is 4.79 Å². The van der Waals surface area contributed by atoms with E-state index in [0.717, 1.165) is 44.9 Å². The standard InChI is InChI=1S/C14H13Br3O2/c15-8-5-9(16)13(10(17)6-8)19-12-7-11(18)14(12)3-1-2-4-14/h5-6,12H,1-4,7H2. The number of benzene rings is 1. The number of Topliss-reactive ketones (excluding diaryl/α,β-unsaturated/α-hetero) is 1. The van der Waals surface area contributed by atoms with Gasteiger partial charge in [-0.2, -0.15) is 0 Å². The minimum atomic E-state index is -0.189. The van der Waals surface area contributed by atoms with E-state index in [1.54, 1.807) is 0 Å². The zero-order chi connectivity index (χ0) is 13.6. The summed E-state index contributed by atoms with van der Waals surface area (Å²) in [6, 6.07) is 3.92. The lowest BCUT2D eigenvalue weighted by atomic mass is 9.63. The van der Waals surface area contributed by atoms with Crippen molar-refractivity contribution < 1.29 is 9.53 Å². The van der Waals surface area contributed by atoms with Gasteiger partial charge in [0.25, 0.3) is 0 Å². The Morgan fingerprint density at radius 1 is 1.11 bits per heavy atom. The van der Waals surface area contributed by atoms with Crippen LogP contribution in [-0.4, -0.2) is 11.9 Å². The van der Waals surface area contributed by atoms with Crippen molar-refractivity contribution in [3.05, 3.63) is 25.6 Å². The molecule has 1 aromatic carbocycles. The molecule has 2 saturated carbocycles. The molecular formula is C14H13Br3O2. The summed E-state index contributed by atoms with van der Waals surface area (Å²) in [5.41, 5.74) is -0.189. The smallest absolute Gasteiger partial charge is 0.148 e. The highest BCUT2D eigenvalue weighted by molar-refractivity contribution is 9.11. The molecule has 0 bridgehead atoms. The van der Waals surface area contributed by atoms with Crippen molar-refractivity contribution in [3.8, 4) is 5.75 Å². The lowest BCUT2D eigenvalue weighted by molar-refractivity contribution is -0.151. The molecule has 0 aromatic heterocycles. The number of halogens is 3. The second-order valence-electron chi connectivity index (χ2n) is 5.30. The molecule has 2 fully saturated rings. The molecule has 0 amide bonds. The summed E-state index contributed by atoms with van der Waals surface area (Å²) in [6.45, 7) is 0. The van der Waals surface area contributed by atoms with Gasteiger partial charge in [-0.25, -0.2) is 0 Å². The van der Waals surface area contributed by atoms with E-state index in [4.69, 9.17) is 4.74 Å². The summed E-state index contributed by atoms with van der Waals surface area (Å²) >= 11 is 10.5. The van der Waals surface area contributed by atoms with Gasteiger partial charge in [-0.15, -0.1) is 0 Å². The van der Waals surface area contributed by atoms with Gasteiger partial charge in [0.15, 0.2) is 0 Å². The number of ketones is 1. The van der Waals surface area contributed by atoms with Gasteiger partial charge in [0, 0.05) is 10.9 Å². The van der Waals surface area contributed by atoms with Crippen LogP contribution in [0.4, 0.5) is 0 Å². The fourth-order valence-electron chi connectivity index (χ4n) is 3.16. The molecule has 0 saturated heterocycles. The Hall–Kier alpha value is 0.130. The van der Waals surface area contributed by atoms with Crippen LogP contribution < -0.4 is 4.74 Å². The second-order valence-corrected chi connectivity index (χ2v) is 7.92. The summed E-state index contributed by atoms with van der Waals surface area (Å²) < 4.78 is 8.93. The Morgan fingerprint density at radius 3 is 2.21 bits per heavy atom. The van der Waals surface area contributed by atoms with Crippen LogP contribution in [0.15, 0.2) is 25.6 Å². The van der Waals surface area contributed by atoms with Gasteiger partial charge in [-0.05, 0) is 56.8 Å². The lowest BCUT2D eigenvalue weighted by Gasteiger charge is -2.45. The quantitative estimate of drug-likeness (QED) is 0.612. The maximum atomic E-state index is 12.0. The van der Waals surface area contributed by atoms with E-state index in [-0.39, 0.29) is 11.5 Å². The molecule has 1 unspecified atom stereocenters. The number of rotatable bonds is 2. The molecule has 1 aromatic rings. The van der Waals surface area contributed by atoms with Crippen LogP contribution in [0, 0.1) is 5.41 Å². The predicted molar refractivity (Wildman–Crippen MR) is 84.5 cm³/mol. The number of carbonyl (C=O) groups is 1. The summed E-state index contributed by atoms with van der Waals surface area (Å²) in [4.78, 5) is 12.0. The summed E-state index contributed by atoms with van der Waals surface area (Å²) in [7, 11) is 0. The van der Waals surface area contributed by atoms with Crippen LogP contribution in [0.3, 0.4) is 0 Å². The molecule has 0 aliphatic heterocycles. The van der Waals surface area contributed by atoms with E-state index in [1.165, 1.54) is 0 Å². The van der Waals surface area contributed by atoms with Crippen LogP contribution in [0.5, 0.6) is 5.75 Å². The van der Waals surface area contributed by atoms with Crippen molar-refractivity contribution in [1.82, 2.24) is 0 Å². The normalized spacial score (nSPS) is 24.6. The Kier molecular flexibility index (Phi) is 3.82. The summed E-state index contributed by atoms with van der Waals surface area (Å²) in [5, 5.41) is 0. The van der Waals surface area contributed by atoms with Crippen molar-refractivity contribution in [2.75, 3.05) is 0 Å². The zero-order valence-corrected chi connectivity index (χ0v) is 15.0. The lowest BCUT2D eigenvalue weighted by Crippen LogP contribution is -2.55. The topological polar surface area (TPSA) is 26.3 Å². The maximum Gasteiger partial charge on any atom is 0.148 e. The summed E-state index contributed by atoms with van der Waals surface area (Å²) in [6.07, 6.45) is 4.86. The first-order chi connectivity index (χ1) is 9.03. The van der Waals surface area contributed by atoms with Gasteiger partial charge < -0.3 is 4.74 Å². The Morgan fingerprint density at radius 2 is 1.68 bits per heavy atom. The first-order valence-corrected chi connectivity index (χ1v) is 8.75. The highest BCUT2D eigenvalue weighted by Crippen LogP contribution is 2.53. The molecule has 102 valence electrons. The van der Waals surface area contributed by atoms with Crippen molar-refractivity contribution in [2.24, 2.45) is 5.41 Å². The molecule has 0 radical (unpaired) electrons. The Labute approximate surface area is 137 Å². The molecule has 2 aliphatic carbocycles. The predicted octanol–water partition coefficient (Wildman–Crippen LogP) is 5.25. The third kappa shape index (κ3) is 2.32. The van der Waals surface area contributed by atoms with Crippen LogP contribution in [0.1, 0.15) is 32.1 Å². The van der Waals surface area contributed by atoms with Crippen LogP contribution >= 0.6 is 47.8 Å². The molecule has 0 heterocycles. The summed E-state index contributed by atoms with van der Waals surface area (Å²) in [5.74, 6) is 1.19. The van der Waals surface area contributed by atoms with Gasteiger partial charge in [0.2, 0.25) is 0 Å². The SMILES string of the molecule is O=C1CC(Oc2c(Br)cc(Br)cc2Br)C12CCCC2. The van der Waals surface area contributed by atoms with Crippen LogP contribution in [0.25, 0.3) is 0 Å². The van der Waals surface area contributed by atoms with E-state index >= 15 is 0 Å². The fourth-order valence-corrected chi connectivity index (χ4v) is 5.61. The van der Waals surface area contributed by atoms with Gasteiger partial charge in [-0.1, -0.05) is 28.8 Å². The number of hydrogen-bond donors (Lipinski definition) is 0. The first-order valence-electron chi connectivity index (χ1n) is 6.37. The van der Waals surface area contributed by atoms with Gasteiger partial charge in [-0.3, -0.25) is 4.79 Å². The van der Waals surface area contributed by atoms with E-state index in [2.05, 4.69) is 47.8 Å². The third-order valence-corrected chi connectivity index (χ3v) is 5.90. The van der Waals surface area contributed by atoms with Crippen molar-refractivity contribution in [1.29, 1.82) is 0 Å². The molecule has 5 heteroatoms. The van der Waals surface area contributed by atoms with Gasteiger partial charge in [0.05, 0.1) is 14.4 Å². The molecule has 2 nitrogen and oxygen atoms in total. The molecule has 19 heavy (non-hydrogen) atoms. The molecule has 2 aliphatic rings. The average Bonchev–Trinajstić information content (AvgIpc) is 2.84. The van der Waals surface area contributed by atoms with Crippen molar-refractivity contribution >= 4 is 53.6 Å². The highest BCUT2D eigenvalue weighted by Gasteiger charge is 2.57. The number of hydrogen-bond acceptors (Lipinski definition) is 2. The zero-order valence-electron chi connectivity index (χ0n) is 10.2. The minimum Gasteiger partial charge on any atom is -0.487 e. The van der Waals surface area contributed by atoms with E-state index in [1.807, 2.05) is 12.1 Å². The minimum absolute atomic E-state index is 0.0382. The van der Waals surface area contributed by atoms with E-state index in [0.29, 0.717) is 12.2 Å². The molecule has 1 atom stereocenters. The fraction of sp³-hybridized carbons (Fsp3) is 0.500. The monoisotopic (exact) mass is 450 g/mol. The number of carbonyl (C=O) groups excluding carboxylic acids is 1. The molecule has 3 rings (SSSR count). The first kappa shape index (κ1) is 14.1. The van der Waals surface area contributed by atoms with Gasteiger partial charge >= 0.3 is 0 Å². The Balaban J connectivity index is 1.85. The van der Waals surface area contributed by atoms with Gasteiger partial charge in [0.1, 0.15) is 17.6 Å². The van der Waals surface area contributed by atoms with Crippen LogP contribution in [0.2, 0.25) is 0 Å².